The molecule has 2 heterocycles. The molecule has 3 rings (SSSR count). The molecule has 0 bridgehead atoms. The van der Waals surface area contributed by atoms with Crippen molar-refractivity contribution in [2.75, 3.05) is 5.43 Å². The zero-order valence-electron chi connectivity index (χ0n) is 11.7. The maximum atomic E-state index is 5.98. The van der Waals surface area contributed by atoms with E-state index in [1.165, 1.54) is 0 Å². The SMILES string of the molecule is C/C(=N\Nc1ccnc2cc(Cl)ccc12)c1ccc(C)o1. The van der Waals surface area contributed by atoms with Crippen LogP contribution in [-0.4, -0.2) is 10.7 Å². The Morgan fingerprint density at radius 2 is 2.10 bits per heavy atom. The summed E-state index contributed by atoms with van der Waals surface area (Å²) in [5, 5.41) is 5.99. The Morgan fingerprint density at radius 3 is 2.86 bits per heavy atom. The van der Waals surface area contributed by atoms with E-state index in [1.807, 2.05) is 50.2 Å². The monoisotopic (exact) mass is 299 g/mol. The van der Waals surface area contributed by atoms with Crippen LogP contribution in [0.2, 0.25) is 5.02 Å². The normalized spacial score (nSPS) is 11.9. The second-order valence-electron chi connectivity index (χ2n) is 4.74. The molecule has 0 aliphatic rings. The average molecular weight is 300 g/mol. The standard InChI is InChI=1S/C16H14ClN3O/c1-10-3-6-16(21-10)11(2)19-20-14-7-8-18-15-9-12(17)4-5-13(14)15/h3-9H,1-2H3,(H,18,20)/b19-11+. The first-order valence-corrected chi connectivity index (χ1v) is 6.92. The van der Waals surface area contributed by atoms with Crippen LogP contribution >= 0.6 is 11.6 Å². The molecule has 1 N–H and O–H groups in total. The van der Waals surface area contributed by atoms with Gasteiger partial charge < -0.3 is 4.42 Å². The summed E-state index contributed by atoms with van der Waals surface area (Å²) >= 11 is 5.98. The number of nitrogens with one attached hydrogen (secondary N) is 1. The maximum absolute atomic E-state index is 5.98. The summed E-state index contributed by atoms with van der Waals surface area (Å²) in [7, 11) is 0. The zero-order chi connectivity index (χ0) is 14.8. The molecule has 0 radical (unpaired) electrons. The number of hydrogen-bond donors (Lipinski definition) is 1. The predicted octanol–water partition coefficient (Wildman–Crippen LogP) is 4.63. The lowest BCUT2D eigenvalue weighted by Crippen LogP contribution is -1.99. The molecule has 0 aliphatic carbocycles. The van der Waals surface area contributed by atoms with Crippen molar-refractivity contribution in [3.63, 3.8) is 0 Å². The van der Waals surface area contributed by atoms with Crippen molar-refractivity contribution in [1.82, 2.24) is 4.98 Å². The van der Waals surface area contributed by atoms with E-state index < -0.39 is 0 Å². The molecule has 1 aromatic carbocycles. The van der Waals surface area contributed by atoms with Crippen molar-refractivity contribution in [2.24, 2.45) is 5.10 Å². The number of nitrogens with zero attached hydrogens (tertiary/aromatic N) is 2. The fourth-order valence-electron chi connectivity index (χ4n) is 2.05. The van der Waals surface area contributed by atoms with Gasteiger partial charge in [0.25, 0.3) is 0 Å². The molecule has 21 heavy (non-hydrogen) atoms. The van der Waals surface area contributed by atoms with E-state index in [2.05, 4.69) is 15.5 Å². The highest BCUT2D eigenvalue weighted by Gasteiger charge is 2.04. The molecule has 0 atom stereocenters. The van der Waals surface area contributed by atoms with Crippen molar-refractivity contribution < 1.29 is 4.42 Å². The number of pyridine rings is 1. The van der Waals surface area contributed by atoms with Gasteiger partial charge in [0.05, 0.1) is 11.2 Å². The molecule has 0 aliphatic heterocycles. The highest BCUT2D eigenvalue weighted by molar-refractivity contribution is 6.31. The zero-order valence-corrected chi connectivity index (χ0v) is 12.5. The third-order valence-corrected chi connectivity index (χ3v) is 3.38. The smallest absolute Gasteiger partial charge is 0.149 e. The van der Waals surface area contributed by atoms with E-state index in [9.17, 15) is 0 Å². The topological polar surface area (TPSA) is 50.4 Å². The summed E-state index contributed by atoms with van der Waals surface area (Å²) in [6, 6.07) is 11.3. The van der Waals surface area contributed by atoms with Gasteiger partial charge in [-0.05, 0) is 50.2 Å². The van der Waals surface area contributed by atoms with Gasteiger partial charge in [-0.15, -0.1) is 0 Å². The molecule has 0 unspecified atom stereocenters. The number of aryl methyl sites for hydroxylation is 1. The Kier molecular flexibility index (Phi) is 3.62. The Balaban J connectivity index is 1.91. The first kappa shape index (κ1) is 13.6. The lowest BCUT2D eigenvalue weighted by atomic mass is 10.2. The van der Waals surface area contributed by atoms with Crippen molar-refractivity contribution in [3.8, 4) is 0 Å². The Bertz CT molecular complexity index is 823. The number of benzene rings is 1. The molecule has 3 aromatic rings. The van der Waals surface area contributed by atoms with Gasteiger partial charge in [0, 0.05) is 16.6 Å². The highest BCUT2D eigenvalue weighted by atomic mass is 35.5. The fourth-order valence-corrected chi connectivity index (χ4v) is 2.21. The van der Waals surface area contributed by atoms with Crippen LogP contribution < -0.4 is 5.43 Å². The van der Waals surface area contributed by atoms with E-state index in [4.69, 9.17) is 16.0 Å². The van der Waals surface area contributed by atoms with E-state index in [-0.39, 0.29) is 0 Å². The van der Waals surface area contributed by atoms with E-state index >= 15 is 0 Å². The van der Waals surface area contributed by atoms with Crippen molar-refractivity contribution >= 4 is 33.9 Å². The summed E-state index contributed by atoms with van der Waals surface area (Å²) in [6.45, 7) is 3.80. The quantitative estimate of drug-likeness (QED) is 0.567. The number of furan rings is 1. The first-order chi connectivity index (χ1) is 10.1. The summed E-state index contributed by atoms with van der Waals surface area (Å²) in [6.07, 6.45) is 1.73. The number of aromatic nitrogens is 1. The van der Waals surface area contributed by atoms with E-state index in [0.717, 1.165) is 33.8 Å². The van der Waals surface area contributed by atoms with E-state index in [0.29, 0.717) is 5.02 Å². The van der Waals surface area contributed by atoms with Crippen LogP contribution in [-0.2, 0) is 0 Å². The number of hydrazone groups is 1. The minimum absolute atomic E-state index is 0.665. The maximum Gasteiger partial charge on any atom is 0.149 e. The lowest BCUT2D eigenvalue weighted by molar-refractivity contribution is 0.525. The predicted molar refractivity (Wildman–Crippen MR) is 86.0 cm³/mol. The lowest BCUT2D eigenvalue weighted by Gasteiger charge is -2.06. The molecule has 0 saturated carbocycles. The second-order valence-corrected chi connectivity index (χ2v) is 5.18. The third-order valence-electron chi connectivity index (χ3n) is 3.15. The molecule has 0 amide bonds. The molecule has 0 spiro atoms. The van der Waals surface area contributed by atoms with Gasteiger partial charge in [-0.1, -0.05) is 11.6 Å². The van der Waals surface area contributed by atoms with Gasteiger partial charge in [-0.3, -0.25) is 10.4 Å². The number of rotatable bonds is 3. The molecule has 2 aromatic heterocycles. The summed E-state index contributed by atoms with van der Waals surface area (Å²) in [5.41, 5.74) is 5.54. The number of hydrogen-bond acceptors (Lipinski definition) is 4. The summed E-state index contributed by atoms with van der Waals surface area (Å²) in [5.74, 6) is 1.62. The van der Waals surface area contributed by atoms with E-state index in [1.54, 1.807) is 6.20 Å². The van der Waals surface area contributed by atoms with Crippen LogP contribution in [0.5, 0.6) is 0 Å². The van der Waals surface area contributed by atoms with Crippen molar-refractivity contribution in [2.45, 2.75) is 13.8 Å². The first-order valence-electron chi connectivity index (χ1n) is 6.55. The number of fused-ring (bicyclic) bond motifs is 1. The Morgan fingerprint density at radius 1 is 1.24 bits per heavy atom. The van der Waals surface area contributed by atoms with Crippen LogP contribution in [0.1, 0.15) is 18.4 Å². The minimum Gasteiger partial charge on any atom is -0.460 e. The van der Waals surface area contributed by atoms with Crippen LogP contribution in [0.3, 0.4) is 0 Å². The molecule has 4 nitrogen and oxygen atoms in total. The van der Waals surface area contributed by atoms with Gasteiger partial charge in [-0.2, -0.15) is 5.10 Å². The fraction of sp³-hybridized carbons (Fsp3) is 0.125. The minimum atomic E-state index is 0.665. The van der Waals surface area contributed by atoms with Gasteiger partial charge in [0.15, 0.2) is 0 Å². The van der Waals surface area contributed by atoms with Crippen LogP contribution in [0.4, 0.5) is 5.69 Å². The second kappa shape index (κ2) is 5.58. The summed E-state index contributed by atoms with van der Waals surface area (Å²) in [4.78, 5) is 4.30. The molecule has 106 valence electrons. The molecule has 5 heteroatoms. The highest BCUT2D eigenvalue weighted by Crippen LogP contribution is 2.24. The Hall–Kier alpha value is -2.33. The largest absolute Gasteiger partial charge is 0.460 e. The number of halogens is 1. The van der Waals surface area contributed by atoms with Crippen LogP contribution in [0.15, 0.2) is 52.1 Å². The van der Waals surface area contributed by atoms with Gasteiger partial charge in [0.1, 0.15) is 17.2 Å². The van der Waals surface area contributed by atoms with Crippen LogP contribution in [0, 0.1) is 6.92 Å². The van der Waals surface area contributed by atoms with Crippen molar-refractivity contribution in [3.05, 3.63) is 59.1 Å². The number of anilines is 1. The molecular weight excluding hydrogens is 286 g/mol. The van der Waals surface area contributed by atoms with Gasteiger partial charge in [0.2, 0.25) is 0 Å². The van der Waals surface area contributed by atoms with Gasteiger partial charge in [-0.25, -0.2) is 0 Å². The molecule has 0 fully saturated rings. The molecular formula is C16H14ClN3O. The third kappa shape index (κ3) is 2.90. The van der Waals surface area contributed by atoms with Crippen molar-refractivity contribution in [1.29, 1.82) is 0 Å². The van der Waals surface area contributed by atoms with Gasteiger partial charge >= 0.3 is 0 Å². The average Bonchev–Trinajstić information content (AvgIpc) is 2.91. The molecule has 0 saturated heterocycles. The summed E-state index contributed by atoms with van der Waals surface area (Å²) < 4.78 is 5.54. The Labute approximate surface area is 127 Å². The van der Waals surface area contributed by atoms with Crippen LogP contribution in [0.25, 0.3) is 10.9 Å².